The van der Waals surface area contributed by atoms with Crippen molar-refractivity contribution in [2.45, 2.75) is 23.9 Å². The topological polar surface area (TPSA) is 20.6 Å². The number of aromatic nitrogens is 3. The van der Waals surface area contributed by atoms with E-state index >= 15 is 0 Å². The number of hydrogen-bond acceptors (Lipinski definition) is 1. The Morgan fingerprint density at radius 1 is 0.811 bits per heavy atom. The van der Waals surface area contributed by atoms with Gasteiger partial charge < -0.3 is 0 Å². The Bertz CT molecular complexity index is 1710. The van der Waals surface area contributed by atoms with Crippen LogP contribution in [-0.2, 0) is 12.0 Å². The van der Waals surface area contributed by atoms with Gasteiger partial charge in [-0.25, -0.2) is 0 Å². The van der Waals surface area contributed by atoms with Crippen molar-refractivity contribution in [2.24, 2.45) is 5.92 Å². The number of hydrogen-bond donors (Lipinski definition) is 0. The molecule has 5 heterocycles. The third kappa shape index (κ3) is 2.64. The lowest BCUT2D eigenvalue weighted by Gasteiger charge is -2.56. The van der Waals surface area contributed by atoms with Crippen LogP contribution in [0.25, 0.3) is 33.8 Å². The van der Waals surface area contributed by atoms with Gasteiger partial charge in [-0.15, -0.1) is 6.58 Å². The highest BCUT2D eigenvalue weighted by atomic mass is 15.2. The molecule has 4 unspecified atom stereocenters. The number of benzene rings is 2. The van der Waals surface area contributed by atoms with E-state index in [0.29, 0.717) is 12.0 Å². The first-order chi connectivity index (χ1) is 18.3. The Balaban J connectivity index is 1.41. The number of nitrogens with zero attached hydrogens (tertiary/aromatic N) is 3. The number of fused-ring (bicyclic) bond motifs is 11. The third-order valence-electron chi connectivity index (χ3n) is 8.99. The molecule has 0 radical (unpaired) electrons. The zero-order valence-corrected chi connectivity index (χ0v) is 20.5. The number of rotatable bonds is 2. The van der Waals surface area contributed by atoms with Crippen LogP contribution >= 0.6 is 0 Å². The molecule has 1 saturated carbocycles. The van der Waals surface area contributed by atoms with E-state index in [1.54, 1.807) is 0 Å². The van der Waals surface area contributed by atoms with E-state index in [9.17, 15) is 0 Å². The molecule has 5 aromatic rings. The van der Waals surface area contributed by atoms with Gasteiger partial charge >= 0.3 is 0 Å². The second-order valence-electron chi connectivity index (χ2n) is 10.5. The molecule has 8 rings (SSSR count). The summed E-state index contributed by atoms with van der Waals surface area (Å²) in [4.78, 5) is 4.65. The predicted molar refractivity (Wildman–Crippen MR) is 145 cm³/mol. The summed E-state index contributed by atoms with van der Waals surface area (Å²) in [6, 6.07) is 35.6. The zero-order chi connectivity index (χ0) is 24.6. The smallest absolute Gasteiger partial charge is 0.213 e. The van der Waals surface area contributed by atoms with Crippen LogP contribution in [0.2, 0.25) is 0 Å². The fraction of sp³-hybridized carbons (Fsp3) is 0.147. The molecule has 2 aliphatic heterocycles. The van der Waals surface area contributed by atoms with Crippen LogP contribution in [0, 0.1) is 5.92 Å². The maximum atomic E-state index is 4.65. The first kappa shape index (κ1) is 20.8. The molecule has 3 heteroatoms. The first-order valence-electron chi connectivity index (χ1n) is 13.1. The fourth-order valence-corrected chi connectivity index (χ4v) is 7.58. The average Bonchev–Trinajstić information content (AvgIpc) is 2.96. The van der Waals surface area contributed by atoms with Crippen LogP contribution < -0.4 is 9.13 Å². The van der Waals surface area contributed by atoms with Crippen LogP contribution in [0.4, 0.5) is 0 Å². The van der Waals surface area contributed by atoms with Crippen molar-refractivity contribution < 1.29 is 9.13 Å². The monoisotopic (exact) mass is 477 g/mol. The number of allylic oxidation sites excluding steroid dienone is 1. The van der Waals surface area contributed by atoms with Crippen LogP contribution in [0.3, 0.4) is 0 Å². The molecule has 3 aliphatic rings. The van der Waals surface area contributed by atoms with Gasteiger partial charge in [0.2, 0.25) is 11.4 Å². The largest absolute Gasteiger partial charge is 0.256 e. The summed E-state index contributed by atoms with van der Waals surface area (Å²) in [5.74, 6) is 0.624. The van der Waals surface area contributed by atoms with Gasteiger partial charge in [-0.3, -0.25) is 4.98 Å². The second kappa shape index (κ2) is 7.57. The Hall–Kier alpha value is -4.37. The van der Waals surface area contributed by atoms with Crippen molar-refractivity contribution in [3.63, 3.8) is 0 Å². The molecule has 176 valence electrons. The maximum Gasteiger partial charge on any atom is 0.213 e. The summed E-state index contributed by atoms with van der Waals surface area (Å²) < 4.78 is 5.09. The molecule has 4 atom stereocenters. The molecule has 0 saturated heterocycles. The zero-order valence-electron chi connectivity index (χ0n) is 20.5. The Labute approximate surface area is 217 Å². The van der Waals surface area contributed by atoms with Crippen molar-refractivity contribution in [2.75, 3.05) is 0 Å². The lowest BCUT2D eigenvalue weighted by Crippen LogP contribution is -2.79. The molecule has 3 aromatic heterocycles. The molecule has 0 bridgehead atoms. The van der Waals surface area contributed by atoms with E-state index in [4.69, 9.17) is 0 Å². The van der Waals surface area contributed by atoms with E-state index in [1.165, 1.54) is 33.6 Å². The summed E-state index contributed by atoms with van der Waals surface area (Å²) >= 11 is 0. The molecule has 1 spiro atoms. The van der Waals surface area contributed by atoms with E-state index in [0.717, 1.165) is 17.7 Å². The first-order valence-corrected chi connectivity index (χ1v) is 13.1. The van der Waals surface area contributed by atoms with Gasteiger partial charge in [-0.1, -0.05) is 48.5 Å². The highest BCUT2D eigenvalue weighted by molar-refractivity contribution is 5.70. The van der Waals surface area contributed by atoms with Gasteiger partial charge in [0.05, 0.1) is 11.3 Å². The van der Waals surface area contributed by atoms with Crippen LogP contribution in [0.1, 0.15) is 23.1 Å². The van der Waals surface area contributed by atoms with Gasteiger partial charge in [0.15, 0.2) is 24.0 Å². The molecule has 3 nitrogen and oxygen atoms in total. The molecule has 0 N–H and O–H groups in total. The van der Waals surface area contributed by atoms with Crippen molar-refractivity contribution >= 4 is 0 Å². The minimum atomic E-state index is -0.130. The Morgan fingerprint density at radius 3 is 2.49 bits per heavy atom. The van der Waals surface area contributed by atoms with Gasteiger partial charge in [0.25, 0.3) is 0 Å². The van der Waals surface area contributed by atoms with Crippen molar-refractivity contribution in [1.82, 2.24) is 4.98 Å². The number of pyridine rings is 3. The van der Waals surface area contributed by atoms with Crippen LogP contribution in [0.5, 0.6) is 0 Å². The highest BCUT2D eigenvalue weighted by Gasteiger charge is 2.75. The van der Waals surface area contributed by atoms with E-state index in [2.05, 4.69) is 130 Å². The molecule has 2 aromatic carbocycles. The SMILES string of the molecule is C=CC1C2C(c3ccccc3-c3cccc[n+]32)C12Cc1ccccc1-c1cc(-c3ccccn3)cc[n+]12. The molecular weight excluding hydrogens is 450 g/mol. The molecule has 1 aliphatic carbocycles. The average molecular weight is 478 g/mol. The van der Waals surface area contributed by atoms with Crippen LogP contribution in [0.15, 0.2) is 128 Å². The van der Waals surface area contributed by atoms with Crippen molar-refractivity contribution in [1.29, 1.82) is 0 Å². The van der Waals surface area contributed by atoms with Gasteiger partial charge in [-0.05, 0) is 41.5 Å². The standard InChI is InChI=1S/C34H27N3/c1-2-28-33-32(27-14-6-5-13-26(27)30-16-8-10-19-36(30)33)34(28)22-24-11-3-4-12-25(24)31-21-23(17-20-37(31)34)29-15-7-9-18-35-29/h2-21,28,32-33H,1,22H2/q+2. The highest BCUT2D eigenvalue weighted by Crippen LogP contribution is 2.64. The molecule has 37 heavy (non-hydrogen) atoms. The second-order valence-corrected chi connectivity index (χ2v) is 10.5. The quantitative estimate of drug-likeness (QED) is 0.223. The van der Waals surface area contributed by atoms with Crippen molar-refractivity contribution in [3.05, 3.63) is 139 Å². The van der Waals surface area contributed by atoms with Crippen molar-refractivity contribution in [3.8, 4) is 33.8 Å². The summed E-state index contributed by atoms with van der Waals surface area (Å²) in [6.07, 6.45) is 9.65. The minimum Gasteiger partial charge on any atom is -0.256 e. The van der Waals surface area contributed by atoms with E-state index < -0.39 is 0 Å². The summed E-state index contributed by atoms with van der Waals surface area (Å²) in [6.45, 7) is 4.41. The van der Waals surface area contributed by atoms with E-state index in [1.807, 2.05) is 12.3 Å². The molecule has 1 fully saturated rings. The summed E-state index contributed by atoms with van der Waals surface area (Å²) in [7, 11) is 0. The summed E-state index contributed by atoms with van der Waals surface area (Å²) in [5.41, 5.74) is 10.1. The predicted octanol–water partition coefficient (Wildman–Crippen LogP) is 6.06. The molecular formula is C34H27N3+2. The fourth-order valence-electron chi connectivity index (χ4n) is 7.58. The third-order valence-corrected chi connectivity index (χ3v) is 8.99. The normalized spacial score (nSPS) is 24.1. The Morgan fingerprint density at radius 2 is 1.62 bits per heavy atom. The minimum absolute atomic E-state index is 0.130. The lowest BCUT2D eigenvalue weighted by molar-refractivity contribution is -0.837. The van der Waals surface area contributed by atoms with Gasteiger partial charge in [-0.2, -0.15) is 9.13 Å². The lowest BCUT2D eigenvalue weighted by atomic mass is 9.48. The van der Waals surface area contributed by atoms with E-state index in [-0.39, 0.29) is 11.5 Å². The van der Waals surface area contributed by atoms with Gasteiger partial charge in [0, 0.05) is 48.0 Å². The molecule has 0 amide bonds. The summed E-state index contributed by atoms with van der Waals surface area (Å²) in [5, 5.41) is 0. The maximum absolute atomic E-state index is 4.65. The van der Waals surface area contributed by atoms with Gasteiger partial charge in [0.1, 0.15) is 11.8 Å². The Kier molecular flexibility index (Phi) is 4.25. The van der Waals surface area contributed by atoms with Crippen LogP contribution in [-0.4, -0.2) is 4.98 Å².